The average molecular weight is 484 g/mol. The third kappa shape index (κ3) is 5.44. The van der Waals surface area contributed by atoms with Crippen molar-refractivity contribution >= 4 is 10.8 Å². The van der Waals surface area contributed by atoms with Crippen LogP contribution in [0.2, 0.25) is 0 Å². The molecule has 2 aromatic heterocycles. The van der Waals surface area contributed by atoms with Crippen molar-refractivity contribution in [3.05, 3.63) is 66.0 Å². The topological polar surface area (TPSA) is 125 Å². The Kier molecular flexibility index (Phi) is 8.38. The second-order valence-electron chi connectivity index (χ2n) is 7.87. The van der Waals surface area contributed by atoms with Crippen LogP contribution in [0.1, 0.15) is 34.4 Å². The number of benzene rings is 2. The molecule has 2 heterocycles. The summed E-state index contributed by atoms with van der Waals surface area (Å²) in [5, 5.41) is 11.7. The highest BCUT2D eigenvalue weighted by molar-refractivity contribution is 7.85. The molecule has 2 aromatic carbocycles. The molecule has 0 saturated carbocycles. The van der Waals surface area contributed by atoms with E-state index in [9.17, 15) is 4.21 Å². The molecule has 0 aliphatic carbocycles. The van der Waals surface area contributed by atoms with Crippen molar-refractivity contribution in [3.8, 4) is 34.3 Å². The number of hydrogen-bond acceptors (Lipinski definition) is 7. The number of rotatable bonds is 8. The van der Waals surface area contributed by atoms with Gasteiger partial charge in [-0.2, -0.15) is 0 Å². The molecule has 0 fully saturated rings. The zero-order chi connectivity index (χ0) is 23.4. The highest BCUT2D eigenvalue weighted by Gasteiger charge is 2.17. The third-order valence-electron chi connectivity index (χ3n) is 5.49. The smallest absolute Gasteiger partial charge is 0.268 e. The summed E-state index contributed by atoms with van der Waals surface area (Å²) in [6, 6.07) is 15.6. The molecule has 9 heteroatoms. The summed E-state index contributed by atoms with van der Waals surface area (Å²) in [4.78, 5) is 10.0. The standard InChI is InChI=1S/C25H27N5O2S.H2O.2H2/c1-5-16(2)33(31)21-12-10-19(11-13-21)22-15-27-17(3)23(28-22)25-30-29-24(32-25)20-8-6-18(7-9-20)14-26-4;;;/h6-13,15-16,26H,5,14H2,1-4H3;1H2;2*1H. The van der Waals surface area contributed by atoms with Crippen molar-refractivity contribution in [1.29, 1.82) is 0 Å². The van der Waals surface area contributed by atoms with Gasteiger partial charge in [0.25, 0.3) is 5.89 Å². The first-order valence-corrected chi connectivity index (χ1v) is 12.1. The largest absolute Gasteiger partial charge is 0.415 e. The minimum absolute atomic E-state index is 0. The Hall–Kier alpha value is -3.27. The van der Waals surface area contributed by atoms with E-state index >= 15 is 0 Å². The number of aryl methyl sites for hydroxylation is 1. The van der Waals surface area contributed by atoms with E-state index in [2.05, 4.69) is 20.5 Å². The fraction of sp³-hybridized carbons (Fsp3) is 0.280. The van der Waals surface area contributed by atoms with Gasteiger partial charge in [-0.25, -0.2) is 4.98 Å². The molecule has 2 atom stereocenters. The molecule has 34 heavy (non-hydrogen) atoms. The van der Waals surface area contributed by atoms with E-state index < -0.39 is 10.8 Å². The molecule has 3 N–H and O–H groups in total. The molecule has 8 nitrogen and oxygen atoms in total. The van der Waals surface area contributed by atoms with Gasteiger partial charge >= 0.3 is 0 Å². The predicted octanol–water partition coefficient (Wildman–Crippen LogP) is 4.46. The summed E-state index contributed by atoms with van der Waals surface area (Å²) in [5.74, 6) is 0.759. The van der Waals surface area contributed by atoms with Crippen molar-refractivity contribution in [2.75, 3.05) is 7.05 Å². The molecule has 0 aliphatic rings. The Morgan fingerprint density at radius 2 is 1.68 bits per heavy atom. The fourth-order valence-corrected chi connectivity index (χ4v) is 4.51. The first kappa shape index (κ1) is 25.4. The third-order valence-corrected chi connectivity index (χ3v) is 7.29. The van der Waals surface area contributed by atoms with Crippen LogP contribution in [-0.2, 0) is 17.3 Å². The Morgan fingerprint density at radius 1 is 1.03 bits per heavy atom. The van der Waals surface area contributed by atoms with Gasteiger partial charge in [0.2, 0.25) is 5.89 Å². The van der Waals surface area contributed by atoms with Crippen LogP contribution in [0.5, 0.6) is 0 Å². The summed E-state index contributed by atoms with van der Waals surface area (Å²) in [5.41, 5.74) is 4.84. The van der Waals surface area contributed by atoms with E-state index in [1.807, 2.05) is 76.3 Å². The van der Waals surface area contributed by atoms with Crippen molar-refractivity contribution in [1.82, 2.24) is 25.5 Å². The number of nitrogens with zero attached hydrogens (tertiary/aromatic N) is 4. The van der Waals surface area contributed by atoms with Gasteiger partial charge in [0.1, 0.15) is 5.69 Å². The van der Waals surface area contributed by atoms with Gasteiger partial charge in [-0.15, -0.1) is 10.2 Å². The number of aromatic nitrogens is 4. The first-order chi connectivity index (χ1) is 16.0. The molecule has 4 aromatic rings. The summed E-state index contributed by atoms with van der Waals surface area (Å²) in [6.07, 6.45) is 2.59. The van der Waals surface area contributed by atoms with Gasteiger partial charge in [-0.1, -0.05) is 38.1 Å². The van der Waals surface area contributed by atoms with Crippen LogP contribution in [0.3, 0.4) is 0 Å². The Labute approximate surface area is 204 Å². The van der Waals surface area contributed by atoms with Crippen molar-refractivity contribution in [3.63, 3.8) is 0 Å². The van der Waals surface area contributed by atoms with Crippen LogP contribution in [0.25, 0.3) is 34.3 Å². The number of nitrogens with one attached hydrogen (secondary N) is 1. The second-order valence-corrected chi connectivity index (χ2v) is 9.74. The average Bonchev–Trinajstić information content (AvgIpc) is 3.34. The van der Waals surface area contributed by atoms with Crippen LogP contribution in [0, 0.1) is 6.92 Å². The normalized spacial score (nSPS) is 12.7. The summed E-state index contributed by atoms with van der Waals surface area (Å²) < 4.78 is 18.5. The second kappa shape index (κ2) is 11.2. The molecule has 0 amide bonds. The zero-order valence-electron chi connectivity index (χ0n) is 19.7. The molecule has 182 valence electrons. The van der Waals surface area contributed by atoms with E-state index in [4.69, 9.17) is 9.40 Å². The molecular weight excluding hydrogens is 450 g/mol. The quantitative estimate of drug-likeness (QED) is 0.392. The first-order valence-electron chi connectivity index (χ1n) is 10.9. The highest BCUT2D eigenvalue weighted by Crippen LogP contribution is 2.27. The SMILES string of the molecule is CCC(C)S(=O)c1ccc(-c2cnc(C)c(-c3nnc(-c4ccc(CNC)cc4)o3)n2)cc1.O.[HH].[HH]. The van der Waals surface area contributed by atoms with Crippen LogP contribution >= 0.6 is 0 Å². The van der Waals surface area contributed by atoms with Crippen LogP contribution in [0.4, 0.5) is 0 Å². The van der Waals surface area contributed by atoms with Crippen molar-refractivity contribution in [2.45, 2.75) is 43.9 Å². The predicted molar refractivity (Wildman–Crippen MR) is 138 cm³/mol. The minimum Gasteiger partial charge on any atom is -0.415 e. The molecular formula is C25H33N5O3S. The fourth-order valence-electron chi connectivity index (χ4n) is 3.34. The Balaban J connectivity index is 0.00000216. The lowest BCUT2D eigenvalue weighted by molar-refractivity contribution is 0.581. The zero-order valence-corrected chi connectivity index (χ0v) is 20.5. The van der Waals surface area contributed by atoms with Crippen LogP contribution in [0.15, 0.2) is 64.0 Å². The Morgan fingerprint density at radius 3 is 2.32 bits per heavy atom. The van der Waals surface area contributed by atoms with Gasteiger partial charge in [0, 0.05) is 30.7 Å². The molecule has 2 unspecified atom stereocenters. The van der Waals surface area contributed by atoms with E-state index in [0.717, 1.165) is 29.0 Å². The van der Waals surface area contributed by atoms with Crippen LogP contribution in [-0.4, -0.2) is 42.1 Å². The monoisotopic (exact) mass is 483 g/mol. The lowest BCUT2D eigenvalue weighted by Gasteiger charge is -2.09. The van der Waals surface area contributed by atoms with Crippen LogP contribution < -0.4 is 5.32 Å². The minimum atomic E-state index is -1.02. The van der Waals surface area contributed by atoms with E-state index in [0.29, 0.717) is 28.9 Å². The van der Waals surface area contributed by atoms with E-state index in [1.165, 1.54) is 5.56 Å². The molecule has 0 bridgehead atoms. The maximum absolute atomic E-state index is 12.5. The van der Waals surface area contributed by atoms with Crippen molar-refractivity contribution in [2.24, 2.45) is 0 Å². The highest BCUT2D eigenvalue weighted by atomic mass is 32.2. The van der Waals surface area contributed by atoms with E-state index in [1.54, 1.807) is 6.20 Å². The summed E-state index contributed by atoms with van der Waals surface area (Å²) in [7, 11) is 0.893. The van der Waals surface area contributed by atoms with Gasteiger partial charge < -0.3 is 15.2 Å². The van der Waals surface area contributed by atoms with E-state index in [-0.39, 0.29) is 13.6 Å². The summed E-state index contributed by atoms with van der Waals surface area (Å²) >= 11 is 0. The lowest BCUT2D eigenvalue weighted by Crippen LogP contribution is -2.09. The molecule has 4 rings (SSSR count). The van der Waals surface area contributed by atoms with Gasteiger partial charge in [-0.05, 0) is 50.2 Å². The van der Waals surface area contributed by atoms with Gasteiger partial charge in [0.05, 0.1) is 28.4 Å². The summed E-state index contributed by atoms with van der Waals surface area (Å²) in [6.45, 7) is 6.70. The molecule has 0 radical (unpaired) electrons. The molecule has 0 saturated heterocycles. The molecule has 0 spiro atoms. The number of hydrogen-bond donors (Lipinski definition) is 1. The molecule has 0 aliphatic heterocycles. The maximum atomic E-state index is 12.5. The lowest BCUT2D eigenvalue weighted by atomic mass is 10.1. The Bertz CT molecular complexity index is 1270. The van der Waals surface area contributed by atoms with Gasteiger partial charge in [0.15, 0.2) is 0 Å². The van der Waals surface area contributed by atoms with Crippen molar-refractivity contribution < 1.29 is 17.0 Å². The maximum Gasteiger partial charge on any atom is 0.268 e. The van der Waals surface area contributed by atoms with Gasteiger partial charge in [-0.3, -0.25) is 9.19 Å².